The number of hydrogen-bond donors (Lipinski definition) is 0. The molecule has 2 aliphatic heterocycles. The summed E-state index contributed by atoms with van der Waals surface area (Å²) in [6.45, 7) is 2.48. The van der Waals surface area contributed by atoms with Gasteiger partial charge in [0.2, 0.25) is 0 Å². The Balaban J connectivity index is 1.39. The molecule has 0 saturated carbocycles. The molecule has 2 atom stereocenters. The van der Waals surface area contributed by atoms with Crippen molar-refractivity contribution in [3.8, 4) is 0 Å². The minimum Gasteiger partial charge on any atom is -0.378 e. The fraction of sp³-hybridized carbons (Fsp3) is 0.526. The number of piperidine rings is 1. The number of aromatic nitrogens is 3. The van der Waals surface area contributed by atoms with Crippen molar-refractivity contribution >= 4 is 5.91 Å². The predicted molar refractivity (Wildman–Crippen MR) is 96.6 cm³/mol. The SMILES string of the molecule is CO[C@H]1CN(C2CCN(C(=O)c3cn(C)cn3)CC2)[C@H]1c1cccnc1. The van der Waals surface area contributed by atoms with Gasteiger partial charge in [-0.25, -0.2) is 4.98 Å². The summed E-state index contributed by atoms with van der Waals surface area (Å²) in [7, 11) is 3.66. The Bertz CT molecular complexity index is 754. The van der Waals surface area contributed by atoms with E-state index in [0.717, 1.165) is 32.5 Å². The first-order chi connectivity index (χ1) is 12.7. The number of methoxy groups -OCH3 is 1. The number of rotatable bonds is 4. The molecule has 0 bridgehead atoms. The first-order valence-corrected chi connectivity index (χ1v) is 9.13. The third-order valence-corrected chi connectivity index (χ3v) is 5.57. The van der Waals surface area contributed by atoms with Gasteiger partial charge < -0.3 is 14.2 Å². The number of hydrogen-bond acceptors (Lipinski definition) is 5. The van der Waals surface area contributed by atoms with Crippen LogP contribution in [0.5, 0.6) is 0 Å². The molecule has 0 spiro atoms. The molecule has 0 aliphatic carbocycles. The maximum Gasteiger partial charge on any atom is 0.274 e. The van der Waals surface area contributed by atoms with E-state index in [2.05, 4.69) is 20.9 Å². The van der Waals surface area contributed by atoms with Crippen molar-refractivity contribution in [3.05, 3.63) is 48.3 Å². The fourth-order valence-corrected chi connectivity index (χ4v) is 4.12. The topological polar surface area (TPSA) is 63.5 Å². The number of imidazole rings is 1. The first kappa shape index (κ1) is 17.2. The smallest absolute Gasteiger partial charge is 0.274 e. The second kappa shape index (κ2) is 7.17. The van der Waals surface area contributed by atoms with Gasteiger partial charge in [-0.05, 0) is 24.5 Å². The van der Waals surface area contributed by atoms with Crippen molar-refractivity contribution in [2.45, 2.75) is 31.0 Å². The molecule has 7 heteroatoms. The first-order valence-electron chi connectivity index (χ1n) is 9.13. The Labute approximate surface area is 153 Å². The molecular formula is C19H25N5O2. The van der Waals surface area contributed by atoms with Crippen LogP contribution in [0.2, 0.25) is 0 Å². The van der Waals surface area contributed by atoms with Crippen molar-refractivity contribution in [1.29, 1.82) is 0 Å². The van der Waals surface area contributed by atoms with Gasteiger partial charge in [-0.15, -0.1) is 0 Å². The van der Waals surface area contributed by atoms with E-state index in [1.165, 1.54) is 5.56 Å². The van der Waals surface area contributed by atoms with Gasteiger partial charge in [0, 0.05) is 58.4 Å². The molecule has 4 rings (SSSR count). The number of carbonyl (C=O) groups is 1. The molecule has 2 aromatic rings. The molecule has 7 nitrogen and oxygen atoms in total. The third kappa shape index (κ3) is 3.12. The molecule has 0 unspecified atom stereocenters. The van der Waals surface area contributed by atoms with E-state index in [1.807, 2.05) is 28.8 Å². The van der Waals surface area contributed by atoms with Crippen LogP contribution >= 0.6 is 0 Å². The zero-order valence-corrected chi connectivity index (χ0v) is 15.3. The number of likely N-dealkylation sites (tertiary alicyclic amines) is 2. The highest BCUT2D eigenvalue weighted by Crippen LogP contribution is 2.39. The lowest BCUT2D eigenvalue weighted by Crippen LogP contribution is -2.60. The molecule has 1 amide bonds. The van der Waals surface area contributed by atoms with Crippen LogP contribution in [0, 0.1) is 0 Å². The van der Waals surface area contributed by atoms with Crippen molar-refractivity contribution < 1.29 is 9.53 Å². The summed E-state index contributed by atoms with van der Waals surface area (Å²) >= 11 is 0. The van der Waals surface area contributed by atoms with E-state index in [-0.39, 0.29) is 18.1 Å². The molecule has 2 fully saturated rings. The Morgan fingerprint density at radius 1 is 1.31 bits per heavy atom. The van der Waals surface area contributed by atoms with Crippen molar-refractivity contribution in [1.82, 2.24) is 24.3 Å². The summed E-state index contributed by atoms with van der Waals surface area (Å²) < 4.78 is 7.46. The molecule has 0 radical (unpaired) electrons. The second-order valence-corrected chi connectivity index (χ2v) is 7.15. The average molecular weight is 355 g/mol. The molecule has 26 heavy (non-hydrogen) atoms. The molecular weight excluding hydrogens is 330 g/mol. The van der Waals surface area contributed by atoms with E-state index in [0.29, 0.717) is 11.7 Å². The average Bonchev–Trinajstić information content (AvgIpc) is 3.08. The Kier molecular flexibility index (Phi) is 4.74. The molecule has 138 valence electrons. The highest BCUT2D eigenvalue weighted by molar-refractivity contribution is 5.92. The monoisotopic (exact) mass is 355 g/mol. The van der Waals surface area contributed by atoms with Crippen LogP contribution in [0.25, 0.3) is 0 Å². The number of nitrogens with zero attached hydrogens (tertiary/aromatic N) is 5. The van der Waals surface area contributed by atoms with E-state index in [1.54, 1.807) is 25.8 Å². The number of amides is 1. The van der Waals surface area contributed by atoms with Crippen LogP contribution in [0.3, 0.4) is 0 Å². The minimum absolute atomic E-state index is 0.0336. The van der Waals surface area contributed by atoms with Gasteiger partial charge in [-0.3, -0.25) is 14.7 Å². The number of pyridine rings is 1. The summed E-state index contributed by atoms with van der Waals surface area (Å²) in [6, 6.07) is 4.83. The van der Waals surface area contributed by atoms with Crippen LogP contribution in [0.1, 0.15) is 34.9 Å². The normalized spacial score (nSPS) is 24.5. The van der Waals surface area contributed by atoms with E-state index in [9.17, 15) is 4.79 Å². The van der Waals surface area contributed by atoms with Crippen LogP contribution in [0.15, 0.2) is 37.1 Å². The third-order valence-electron chi connectivity index (χ3n) is 5.57. The van der Waals surface area contributed by atoms with Crippen molar-refractivity contribution in [2.24, 2.45) is 7.05 Å². The fourth-order valence-electron chi connectivity index (χ4n) is 4.12. The van der Waals surface area contributed by atoms with Crippen LogP contribution < -0.4 is 0 Å². The Morgan fingerprint density at radius 3 is 2.73 bits per heavy atom. The van der Waals surface area contributed by atoms with Gasteiger partial charge in [-0.2, -0.15) is 0 Å². The van der Waals surface area contributed by atoms with E-state index < -0.39 is 0 Å². The van der Waals surface area contributed by atoms with Gasteiger partial charge in [0.15, 0.2) is 0 Å². The molecule has 2 saturated heterocycles. The van der Waals surface area contributed by atoms with Crippen molar-refractivity contribution in [2.75, 3.05) is 26.7 Å². The minimum atomic E-state index is 0.0336. The Morgan fingerprint density at radius 2 is 2.12 bits per heavy atom. The van der Waals surface area contributed by atoms with Gasteiger partial charge in [0.05, 0.1) is 18.5 Å². The number of carbonyl (C=O) groups excluding carboxylic acids is 1. The zero-order valence-electron chi connectivity index (χ0n) is 15.3. The summed E-state index contributed by atoms with van der Waals surface area (Å²) in [4.78, 5) is 25.4. The van der Waals surface area contributed by atoms with Gasteiger partial charge in [-0.1, -0.05) is 6.07 Å². The highest BCUT2D eigenvalue weighted by atomic mass is 16.5. The number of ether oxygens (including phenoxy) is 1. The number of aryl methyl sites for hydroxylation is 1. The van der Waals surface area contributed by atoms with E-state index in [4.69, 9.17) is 4.74 Å². The van der Waals surface area contributed by atoms with Crippen LogP contribution in [-0.2, 0) is 11.8 Å². The van der Waals surface area contributed by atoms with Gasteiger partial charge >= 0.3 is 0 Å². The molecule has 2 aromatic heterocycles. The molecule has 0 N–H and O–H groups in total. The second-order valence-electron chi connectivity index (χ2n) is 7.15. The summed E-state index contributed by atoms with van der Waals surface area (Å²) in [5.41, 5.74) is 1.74. The molecule has 2 aliphatic rings. The van der Waals surface area contributed by atoms with Crippen molar-refractivity contribution in [3.63, 3.8) is 0 Å². The lowest BCUT2D eigenvalue weighted by molar-refractivity contribution is -0.115. The lowest BCUT2D eigenvalue weighted by Gasteiger charge is -2.52. The maximum absolute atomic E-state index is 12.6. The zero-order chi connectivity index (χ0) is 18.1. The largest absolute Gasteiger partial charge is 0.378 e. The summed E-state index contributed by atoms with van der Waals surface area (Å²) in [5, 5.41) is 0. The van der Waals surface area contributed by atoms with Crippen LogP contribution in [0.4, 0.5) is 0 Å². The summed E-state index contributed by atoms with van der Waals surface area (Å²) in [6.07, 6.45) is 9.36. The van der Waals surface area contributed by atoms with Crippen LogP contribution in [-0.4, -0.2) is 69.1 Å². The van der Waals surface area contributed by atoms with Gasteiger partial charge in [0.25, 0.3) is 5.91 Å². The lowest BCUT2D eigenvalue weighted by atomic mass is 9.87. The quantitative estimate of drug-likeness (QED) is 0.832. The molecule has 0 aromatic carbocycles. The predicted octanol–water partition coefficient (Wildman–Crippen LogP) is 1.49. The highest BCUT2D eigenvalue weighted by Gasteiger charge is 2.44. The maximum atomic E-state index is 12.6. The standard InChI is InChI=1S/C19H25N5O2/c1-22-11-16(21-13-22)19(25)23-8-5-15(6-9-23)24-12-17(26-2)18(24)14-4-3-7-20-10-14/h3-4,7,10-11,13,15,17-18H,5-6,8-9,12H2,1-2H3/t17-,18-/m0/s1. The molecule has 4 heterocycles. The van der Waals surface area contributed by atoms with E-state index >= 15 is 0 Å². The van der Waals surface area contributed by atoms with Gasteiger partial charge in [0.1, 0.15) is 5.69 Å². The Hall–Kier alpha value is -2.25. The summed E-state index contributed by atoms with van der Waals surface area (Å²) in [5.74, 6) is 0.0336.